The Labute approximate surface area is 83.8 Å². The van der Waals surface area contributed by atoms with Crippen LogP contribution in [0.5, 0.6) is 0 Å². The van der Waals surface area contributed by atoms with Crippen LogP contribution < -0.4 is 0 Å². The first-order chi connectivity index (χ1) is 6.74. The quantitative estimate of drug-likeness (QED) is 0.771. The van der Waals surface area contributed by atoms with Gasteiger partial charge in [-0.2, -0.15) is 0 Å². The monoisotopic (exact) mass is 189 g/mol. The SMILES string of the molecule is CC[C@H](O)c1cn(C)c2ccccc12. The molecule has 0 unspecified atom stereocenters. The van der Waals surface area contributed by atoms with Crippen LogP contribution in [0, 0.1) is 0 Å². The van der Waals surface area contributed by atoms with Crippen LogP contribution >= 0.6 is 0 Å². The zero-order valence-corrected chi connectivity index (χ0v) is 8.57. The van der Waals surface area contributed by atoms with Crippen LogP contribution in [0.25, 0.3) is 10.9 Å². The average Bonchev–Trinajstić information content (AvgIpc) is 2.56. The van der Waals surface area contributed by atoms with Crippen molar-refractivity contribution in [1.82, 2.24) is 4.57 Å². The van der Waals surface area contributed by atoms with Gasteiger partial charge in [-0.25, -0.2) is 0 Å². The van der Waals surface area contributed by atoms with Gasteiger partial charge in [0.1, 0.15) is 0 Å². The van der Waals surface area contributed by atoms with E-state index in [2.05, 4.69) is 16.7 Å². The van der Waals surface area contributed by atoms with Gasteiger partial charge in [-0.05, 0) is 12.5 Å². The molecular formula is C12H15NO. The number of aryl methyl sites for hydroxylation is 1. The third-order valence-electron chi connectivity index (χ3n) is 2.67. The molecule has 0 aliphatic heterocycles. The molecule has 0 aliphatic carbocycles. The highest BCUT2D eigenvalue weighted by Crippen LogP contribution is 2.27. The summed E-state index contributed by atoms with van der Waals surface area (Å²) in [6.07, 6.45) is 2.42. The fourth-order valence-electron chi connectivity index (χ4n) is 1.86. The highest BCUT2D eigenvalue weighted by Gasteiger charge is 2.11. The summed E-state index contributed by atoms with van der Waals surface area (Å²) in [5.74, 6) is 0. The van der Waals surface area contributed by atoms with Crippen molar-refractivity contribution in [3.63, 3.8) is 0 Å². The molecule has 2 nitrogen and oxygen atoms in total. The Morgan fingerprint density at radius 3 is 2.79 bits per heavy atom. The molecule has 1 aromatic heterocycles. The van der Waals surface area contributed by atoms with Gasteiger partial charge in [0.05, 0.1) is 6.10 Å². The van der Waals surface area contributed by atoms with Gasteiger partial charge in [0.15, 0.2) is 0 Å². The van der Waals surface area contributed by atoms with Crippen molar-refractivity contribution in [3.8, 4) is 0 Å². The molecule has 2 aromatic rings. The van der Waals surface area contributed by atoms with Gasteiger partial charge in [0, 0.05) is 29.7 Å². The van der Waals surface area contributed by atoms with E-state index < -0.39 is 0 Å². The third-order valence-corrected chi connectivity index (χ3v) is 2.67. The second-order valence-corrected chi connectivity index (χ2v) is 3.64. The van der Waals surface area contributed by atoms with Gasteiger partial charge >= 0.3 is 0 Å². The van der Waals surface area contributed by atoms with Crippen LogP contribution in [-0.4, -0.2) is 9.67 Å². The zero-order valence-electron chi connectivity index (χ0n) is 8.57. The number of aliphatic hydroxyl groups is 1. The van der Waals surface area contributed by atoms with E-state index in [4.69, 9.17) is 0 Å². The van der Waals surface area contributed by atoms with Crippen molar-refractivity contribution in [1.29, 1.82) is 0 Å². The van der Waals surface area contributed by atoms with Crippen molar-refractivity contribution >= 4 is 10.9 Å². The van der Waals surface area contributed by atoms with Crippen LogP contribution in [0.3, 0.4) is 0 Å². The fourth-order valence-corrected chi connectivity index (χ4v) is 1.86. The summed E-state index contributed by atoms with van der Waals surface area (Å²) in [6, 6.07) is 8.16. The number of hydrogen-bond donors (Lipinski definition) is 1. The Balaban J connectivity index is 2.66. The normalized spacial score (nSPS) is 13.4. The van der Waals surface area contributed by atoms with Crippen molar-refractivity contribution in [2.45, 2.75) is 19.4 Å². The molecule has 74 valence electrons. The number of para-hydroxylation sites is 1. The minimum atomic E-state index is -0.346. The molecule has 0 radical (unpaired) electrons. The molecule has 0 saturated carbocycles. The molecule has 0 fully saturated rings. The molecule has 1 atom stereocenters. The number of benzene rings is 1. The summed E-state index contributed by atoms with van der Waals surface area (Å²) < 4.78 is 2.06. The number of rotatable bonds is 2. The Hall–Kier alpha value is -1.28. The van der Waals surface area contributed by atoms with E-state index in [9.17, 15) is 5.11 Å². The van der Waals surface area contributed by atoms with Gasteiger partial charge in [-0.1, -0.05) is 25.1 Å². The van der Waals surface area contributed by atoms with Crippen LogP contribution in [0.1, 0.15) is 25.0 Å². The molecule has 14 heavy (non-hydrogen) atoms. The summed E-state index contributed by atoms with van der Waals surface area (Å²) in [5.41, 5.74) is 2.21. The van der Waals surface area contributed by atoms with E-state index in [1.807, 2.05) is 32.3 Å². The number of aliphatic hydroxyl groups excluding tert-OH is 1. The van der Waals surface area contributed by atoms with Crippen LogP contribution in [0.2, 0.25) is 0 Å². The fraction of sp³-hybridized carbons (Fsp3) is 0.333. The van der Waals surface area contributed by atoms with Crippen molar-refractivity contribution in [2.24, 2.45) is 7.05 Å². The van der Waals surface area contributed by atoms with E-state index in [0.29, 0.717) is 0 Å². The summed E-state index contributed by atoms with van der Waals surface area (Å²) in [6.45, 7) is 1.99. The van der Waals surface area contributed by atoms with Gasteiger partial charge in [0.2, 0.25) is 0 Å². The zero-order chi connectivity index (χ0) is 10.1. The van der Waals surface area contributed by atoms with E-state index in [-0.39, 0.29) is 6.10 Å². The molecule has 0 saturated heterocycles. The standard InChI is InChI=1S/C12H15NO/c1-3-12(14)10-8-13(2)11-7-5-4-6-9(10)11/h4-8,12,14H,3H2,1-2H3/t12-/m0/s1. The average molecular weight is 189 g/mol. The maximum Gasteiger partial charge on any atom is 0.0808 e. The van der Waals surface area contributed by atoms with Crippen molar-refractivity contribution < 1.29 is 5.11 Å². The molecule has 1 heterocycles. The number of fused-ring (bicyclic) bond motifs is 1. The van der Waals surface area contributed by atoms with Gasteiger partial charge < -0.3 is 9.67 Å². The Morgan fingerprint density at radius 1 is 1.36 bits per heavy atom. The predicted octanol–water partition coefficient (Wildman–Crippen LogP) is 2.62. The first-order valence-electron chi connectivity index (χ1n) is 4.96. The van der Waals surface area contributed by atoms with Crippen LogP contribution in [0.4, 0.5) is 0 Å². The highest BCUT2D eigenvalue weighted by atomic mass is 16.3. The minimum Gasteiger partial charge on any atom is -0.388 e. The number of nitrogens with zero attached hydrogens (tertiary/aromatic N) is 1. The Kier molecular flexibility index (Phi) is 2.30. The smallest absolute Gasteiger partial charge is 0.0808 e. The number of aromatic nitrogens is 1. The van der Waals surface area contributed by atoms with Crippen LogP contribution in [0.15, 0.2) is 30.5 Å². The van der Waals surface area contributed by atoms with Gasteiger partial charge in [-0.3, -0.25) is 0 Å². The largest absolute Gasteiger partial charge is 0.388 e. The minimum absolute atomic E-state index is 0.346. The van der Waals surface area contributed by atoms with Gasteiger partial charge in [-0.15, -0.1) is 0 Å². The summed E-state index contributed by atoms with van der Waals surface area (Å²) in [7, 11) is 2.01. The third kappa shape index (κ3) is 1.32. The maximum atomic E-state index is 9.83. The summed E-state index contributed by atoms with van der Waals surface area (Å²) >= 11 is 0. The molecule has 0 aliphatic rings. The first kappa shape index (κ1) is 9.28. The second kappa shape index (κ2) is 3.46. The molecule has 2 heteroatoms. The maximum absolute atomic E-state index is 9.83. The lowest BCUT2D eigenvalue weighted by molar-refractivity contribution is 0.175. The lowest BCUT2D eigenvalue weighted by atomic mass is 10.1. The lowest BCUT2D eigenvalue weighted by Gasteiger charge is -2.04. The Bertz CT molecular complexity index is 445. The second-order valence-electron chi connectivity index (χ2n) is 3.64. The topological polar surface area (TPSA) is 25.2 Å². The molecule has 1 aromatic carbocycles. The van der Waals surface area contributed by atoms with E-state index in [0.717, 1.165) is 17.4 Å². The summed E-state index contributed by atoms with van der Waals surface area (Å²) in [4.78, 5) is 0. The number of hydrogen-bond acceptors (Lipinski definition) is 1. The molecule has 0 bridgehead atoms. The Morgan fingerprint density at radius 2 is 2.07 bits per heavy atom. The highest BCUT2D eigenvalue weighted by molar-refractivity contribution is 5.84. The van der Waals surface area contributed by atoms with E-state index in [1.165, 1.54) is 5.52 Å². The summed E-state index contributed by atoms with van der Waals surface area (Å²) in [5, 5.41) is 11.0. The molecular weight excluding hydrogens is 174 g/mol. The van der Waals surface area contributed by atoms with Gasteiger partial charge in [0.25, 0.3) is 0 Å². The van der Waals surface area contributed by atoms with Crippen molar-refractivity contribution in [2.75, 3.05) is 0 Å². The van der Waals surface area contributed by atoms with E-state index in [1.54, 1.807) is 0 Å². The van der Waals surface area contributed by atoms with E-state index >= 15 is 0 Å². The lowest BCUT2D eigenvalue weighted by Crippen LogP contribution is -1.93. The molecule has 2 rings (SSSR count). The predicted molar refractivity (Wildman–Crippen MR) is 58.2 cm³/mol. The molecule has 1 N–H and O–H groups in total. The molecule has 0 spiro atoms. The first-order valence-corrected chi connectivity index (χ1v) is 4.96. The molecule has 0 amide bonds. The van der Waals surface area contributed by atoms with Crippen molar-refractivity contribution in [3.05, 3.63) is 36.0 Å². The van der Waals surface area contributed by atoms with Crippen LogP contribution in [-0.2, 0) is 7.05 Å².